The van der Waals surface area contributed by atoms with E-state index in [1.54, 1.807) is 4.90 Å². The lowest BCUT2D eigenvalue weighted by atomic mass is 10.1. The summed E-state index contributed by atoms with van der Waals surface area (Å²) in [5.74, 6) is 1.95. The molecule has 3 aromatic heterocycles. The fourth-order valence-electron chi connectivity index (χ4n) is 3.26. The third-order valence-corrected chi connectivity index (χ3v) is 6.78. The lowest BCUT2D eigenvalue weighted by molar-refractivity contribution is -0.129. The molecule has 10 heteroatoms. The molecule has 166 valence electrons. The average molecular weight is 469 g/mol. The maximum Gasteiger partial charge on any atom is 0.257 e. The highest BCUT2D eigenvalue weighted by Gasteiger charge is 2.20. The number of thioether (sulfide) groups is 1. The minimum Gasteiger partial charge on any atom is -0.418 e. The van der Waals surface area contributed by atoms with Crippen molar-refractivity contribution < 1.29 is 9.21 Å². The second kappa shape index (κ2) is 10.1. The van der Waals surface area contributed by atoms with Gasteiger partial charge >= 0.3 is 0 Å². The van der Waals surface area contributed by atoms with E-state index in [0.29, 0.717) is 30.0 Å². The first kappa shape index (κ1) is 22.2. The lowest BCUT2D eigenvalue weighted by Crippen LogP contribution is -2.32. The number of benzene rings is 1. The first-order chi connectivity index (χ1) is 15.6. The van der Waals surface area contributed by atoms with E-state index in [1.165, 1.54) is 23.1 Å². The minimum absolute atomic E-state index is 0.00633. The van der Waals surface area contributed by atoms with Gasteiger partial charge in [0.15, 0.2) is 11.0 Å². The largest absolute Gasteiger partial charge is 0.418 e. The molecule has 32 heavy (non-hydrogen) atoms. The van der Waals surface area contributed by atoms with Crippen molar-refractivity contribution in [1.82, 2.24) is 29.9 Å². The van der Waals surface area contributed by atoms with Crippen LogP contribution >= 0.6 is 23.1 Å². The van der Waals surface area contributed by atoms with Crippen LogP contribution in [0.3, 0.4) is 0 Å². The summed E-state index contributed by atoms with van der Waals surface area (Å²) in [7, 11) is 1.92. The molecule has 0 saturated carbocycles. The van der Waals surface area contributed by atoms with Crippen LogP contribution in [0.4, 0.5) is 0 Å². The zero-order valence-electron chi connectivity index (χ0n) is 18.2. The van der Waals surface area contributed by atoms with Gasteiger partial charge in [0, 0.05) is 19.2 Å². The van der Waals surface area contributed by atoms with E-state index in [1.807, 2.05) is 67.2 Å². The van der Waals surface area contributed by atoms with Crippen LogP contribution < -0.4 is 0 Å². The number of carbonyl (C=O) groups excluding carboxylic acids is 1. The summed E-state index contributed by atoms with van der Waals surface area (Å²) >= 11 is 2.92. The van der Waals surface area contributed by atoms with Crippen molar-refractivity contribution in [2.75, 3.05) is 12.3 Å². The smallest absolute Gasteiger partial charge is 0.257 e. The number of aromatic nitrogens is 5. The molecule has 1 amide bonds. The molecule has 3 heterocycles. The van der Waals surface area contributed by atoms with Gasteiger partial charge in [-0.15, -0.1) is 31.7 Å². The van der Waals surface area contributed by atoms with Crippen LogP contribution in [-0.4, -0.2) is 48.1 Å². The predicted octanol–water partition coefficient (Wildman–Crippen LogP) is 4.43. The number of rotatable bonds is 9. The van der Waals surface area contributed by atoms with E-state index in [4.69, 9.17) is 4.42 Å². The van der Waals surface area contributed by atoms with Crippen molar-refractivity contribution in [3.05, 3.63) is 53.2 Å². The number of amides is 1. The van der Waals surface area contributed by atoms with Crippen LogP contribution in [0, 0.1) is 6.92 Å². The Morgan fingerprint density at radius 1 is 1.16 bits per heavy atom. The van der Waals surface area contributed by atoms with Crippen LogP contribution in [0.5, 0.6) is 0 Å². The monoisotopic (exact) mass is 468 g/mol. The Morgan fingerprint density at radius 3 is 2.75 bits per heavy atom. The summed E-state index contributed by atoms with van der Waals surface area (Å²) in [6.07, 6.45) is 0.837. The lowest BCUT2D eigenvalue weighted by Gasteiger charge is -2.19. The number of aryl methyl sites for hydroxylation is 1. The number of carbonyl (C=O) groups is 1. The predicted molar refractivity (Wildman–Crippen MR) is 125 cm³/mol. The SMILES string of the molecule is CCCN(Cc1nnc(-c2cccs2)o1)C(=O)CSc1nnc(-c2ccccc2C)n1C. The Hall–Kier alpha value is -2.98. The van der Waals surface area contributed by atoms with Crippen LogP contribution in [-0.2, 0) is 18.4 Å². The molecule has 0 aliphatic carbocycles. The van der Waals surface area contributed by atoms with Gasteiger partial charge in [-0.25, -0.2) is 0 Å². The molecule has 0 N–H and O–H groups in total. The third-order valence-electron chi connectivity index (χ3n) is 4.92. The average Bonchev–Trinajstić information content (AvgIpc) is 3.54. The van der Waals surface area contributed by atoms with Crippen molar-refractivity contribution in [3.63, 3.8) is 0 Å². The van der Waals surface area contributed by atoms with Gasteiger partial charge in [-0.2, -0.15) is 0 Å². The van der Waals surface area contributed by atoms with Crippen molar-refractivity contribution in [2.24, 2.45) is 7.05 Å². The van der Waals surface area contributed by atoms with E-state index in [2.05, 4.69) is 20.4 Å². The topological polar surface area (TPSA) is 89.9 Å². The third kappa shape index (κ3) is 4.91. The Bertz CT molecular complexity index is 1180. The molecule has 0 spiro atoms. The Balaban J connectivity index is 1.41. The van der Waals surface area contributed by atoms with Crippen molar-refractivity contribution in [2.45, 2.75) is 32.0 Å². The van der Waals surface area contributed by atoms with Crippen LogP contribution in [0.2, 0.25) is 0 Å². The van der Waals surface area contributed by atoms with E-state index in [-0.39, 0.29) is 11.7 Å². The number of hydrogen-bond acceptors (Lipinski definition) is 8. The number of hydrogen-bond donors (Lipinski definition) is 0. The first-order valence-corrected chi connectivity index (χ1v) is 12.2. The van der Waals surface area contributed by atoms with E-state index in [9.17, 15) is 4.79 Å². The van der Waals surface area contributed by atoms with Crippen LogP contribution in [0.25, 0.3) is 22.2 Å². The zero-order chi connectivity index (χ0) is 22.5. The van der Waals surface area contributed by atoms with E-state index in [0.717, 1.165) is 28.2 Å². The van der Waals surface area contributed by atoms with E-state index < -0.39 is 0 Å². The molecule has 0 radical (unpaired) electrons. The molecule has 0 aliphatic rings. The Kier molecular flexibility index (Phi) is 7.01. The van der Waals surface area contributed by atoms with Gasteiger partial charge in [-0.05, 0) is 30.4 Å². The molecule has 0 aliphatic heterocycles. The summed E-state index contributed by atoms with van der Waals surface area (Å²) < 4.78 is 7.69. The van der Waals surface area contributed by atoms with Gasteiger partial charge in [0.2, 0.25) is 11.8 Å². The second-order valence-corrected chi connectivity index (χ2v) is 9.15. The molecule has 4 rings (SSSR count). The fourth-order valence-corrected chi connectivity index (χ4v) is 4.72. The molecule has 0 unspecified atom stereocenters. The highest BCUT2D eigenvalue weighted by molar-refractivity contribution is 7.99. The molecule has 4 aromatic rings. The van der Waals surface area contributed by atoms with Gasteiger partial charge in [-0.3, -0.25) is 4.79 Å². The summed E-state index contributed by atoms with van der Waals surface area (Å²) in [6.45, 7) is 4.99. The van der Waals surface area contributed by atoms with Gasteiger partial charge in [0.05, 0.1) is 17.2 Å². The van der Waals surface area contributed by atoms with E-state index >= 15 is 0 Å². The second-order valence-electron chi connectivity index (χ2n) is 7.26. The molecule has 0 saturated heterocycles. The maximum atomic E-state index is 12.9. The molecular weight excluding hydrogens is 444 g/mol. The highest BCUT2D eigenvalue weighted by Crippen LogP contribution is 2.26. The molecule has 0 bridgehead atoms. The summed E-state index contributed by atoms with van der Waals surface area (Å²) in [4.78, 5) is 15.6. The maximum absolute atomic E-state index is 12.9. The summed E-state index contributed by atoms with van der Waals surface area (Å²) in [6, 6.07) is 11.9. The van der Waals surface area contributed by atoms with Crippen molar-refractivity contribution >= 4 is 29.0 Å². The first-order valence-electron chi connectivity index (χ1n) is 10.3. The Morgan fingerprint density at radius 2 is 2.00 bits per heavy atom. The highest BCUT2D eigenvalue weighted by atomic mass is 32.2. The molecule has 8 nitrogen and oxygen atoms in total. The standard InChI is InChI=1S/C22H24N6O2S2/c1-4-11-28(13-18-23-25-21(30-18)17-10-7-12-31-17)19(29)14-32-22-26-24-20(27(22)3)16-9-6-5-8-15(16)2/h5-10,12H,4,11,13-14H2,1-3H3. The van der Waals surface area contributed by atoms with Crippen LogP contribution in [0.1, 0.15) is 24.8 Å². The molecule has 0 atom stereocenters. The van der Waals surface area contributed by atoms with Crippen molar-refractivity contribution in [1.29, 1.82) is 0 Å². The molecule has 1 aromatic carbocycles. The quantitative estimate of drug-likeness (QED) is 0.336. The van der Waals surface area contributed by atoms with Crippen molar-refractivity contribution in [3.8, 4) is 22.2 Å². The molecule has 0 fully saturated rings. The van der Waals surface area contributed by atoms with Gasteiger partial charge < -0.3 is 13.9 Å². The normalized spacial score (nSPS) is 11.1. The fraction of sp³-hybridized carbons (Fsp3) is 0.318. The number of nitrogens with zero attached hydrogens (tertiary/aromatic N) is 6. The summed E-state index contributed by atoms with van der Waals surface area (Å²) in [5, 5.41) is 19.5. The van der Waals surface area contributed by atoms with Gasteiger partial charge in [-0.1, -0.05) is 49.0 Å². The van der Waals surface area contributed by atoms with Gasteiger partial charge in [0.1, 0.15) is 0 Å². The molecular formula is C22H24N6O2S2. The summed E-state index contributed by atoms with van der Waals surface area (Å²) in [5.41, 5.74) is 2.16. The number of thiophene rings is 1. The van der Waals surface area contributed by atoms with Crippen LogP contribution in [0.15, 0.2) is 51.4 Å². The Labute approximate surface area is 194 Å². The van der Waals surface area contributed by atoms with Gasteiger partial charge in [0.25, 0.3) is 5.89 Å². The minimum atomic E-state index is -0.00633. The zero-order valence-corrected chi connectivity index (χ0v) is 19.8.